The molecule has 0 saturated carbocycles. The predicted molar refractivity (Wildman–Crippen MR) is 55.7 cm³/mol. The van der Waals surface area contributed by atoms with Crippen LogP contribution in [-0.2, 0) is 0 Å². The number of ether oxygens (including phenoxy) is 1. The van der Waals surface area contributed by atoms with Gasteiger partial charge in [-0.3, -0.25) is 9.88 Å². The molecule has 0 amide bonds. The Morgan fingerprint density at radius 3 is 2.81 bits per heavy atom. The van der Waals surface area contributed by atoms with Crippen LogP contribution in [0.2, 0.25) is 0 Å². The highest BCUT2D eigenvalue weighted by Crippen LogP contribution is 2.20. The van der Waals surface area contributed by atoms with Crippen molar-refractivity contribution in [1.82, 2.24) is 9.88 Å². The molecule has 1 aliphatic heterocycles. The van der Waals surface area contributed by atoms with E-state index in [0.29, 0.717) is 18.4 Å². The van der Waals surface area contributed by atoms with Gasteiger partial charge < -0.3 is 4.74 Å². The topological polar surface area (TPSA) is 25.4 Å². The van der Waals surface area contributed by atoms with Crippen molar-refractivity contribution in [3.05, 3.63) is 24.0 Å². The molecular weight excluding hydrogens is 214 g/mol. The van der Waals surface area contributed by atoms with E-state index in [-0.39, 0.29) is 5.69 Å². The number of rotatable bonds is 4. The van der Waals surface area contributed by atoms with E-state index in [2.05, 4.69) is 9.88 Å². The Labute approximate surface area is 93.0 Å². The van der Waals surface area contributed by atoms with Gasteiger partial charge >= 0.3 is 0 Å². The molecule has 1 saturated heterocycles. The highest BCUT2D eigenvalue weighted by Gasteiger charge is 2.24. The monoisotopic (exact) mass is 228 g/mol. The number of pyridine rings is 1. The number of halogens is 2. The molecule has 0 spiro atoms. The molecule has 1 aliphatic rings. The molecule has 0 radical (unpaired) electrons. The van der Waals surface area contributed by atoms with E-state index in [0.717, 1.165) is 13.0 Å². The van der Waals surface area contributed by atoms with Crippen LogP contribution in [-0.4, -0.2) is 36.1 Å². The molecule has 3 nitrogen and oxygen atoms in total. The molecule has 2 heterocycles. The fourth-order valence-electron chi connectivity index (χ4n) is 1.58. The van der Waals surface area contributed by atoms with Gasteiger partial charge in [0.1, 0.15) is 18.1 Å². The molecule has 0 aliphatic carbocycles. The summed E-state index contributed by atoms with van der Waals surface area (Å²) < 4.78 is 29.9. The standard InChI is InChI=1S/C11H14F2N2O/c1-15-5-4-8(15)7-16-9-2-3-10(11(12)13)14-6-9/h2-3,6,8,11H,4-5,7H2,1H3. The Morgan fingerprint density at radius 1 is 1.56 bits per heavy atom. The maximum absolute atomic E-state index is 12.2. The van der Waals surface area contributed by atoms with E-state index < -0.39 is 6.43 Å². The molecule has 0 aromatic carbocycles. The first-order valence-electron chi connectivity index (χ1n) is 5.24. The predicted octanol–water partition coefficient (Wildman–Crippen LogP) is 2.10. The highest BCUT2D eigenvalue weighted by atomic mass is 19.3. The van der Waals surface area contributed by atoms with Crippen LogP contribution in [0, 0.1) is 0 Å². The Balaban J connectivity index is 1.85. The fraction of sp³-hybridized carbons (Fsp3) is 0.545. The van der Waals surface area contributed by atoms with Crippen LogP contribution in [0.15, 0.2) is 18.3 Å². The molecule has 1 aromatic rings. The van der Waals surface area contributed by atoms with Gasteiger partial charge in [-0.15, -0.1) is 0 Å². The van der Waals surface area contributed by atoms with E-state index in [1.165, 1.54) is 18.3 Å². The van der Waals surface area contributed by atoms with Crippen molar-refractivity contribution in [1.29, 1.82) is 0 Å². The summed E-state index contributed by atoms with van der Waals surface area (Å²) in [7, 11) is 2.04. The minimum atomic E-state index is -2.52. The molecule has 1 atom stereocenters. The van der Waals surface area contributed by atoms with Crippen molar-refractivity contribution in [3.63, 3.8) is 0 Å². The number of aromatic nitrogens is 1. The van der Waals surface area contributed by atoms with E-state index >= 15 is 0 Å². The fourth-order valence-corrected chi connectivity index (χ4v) is 1.58. The maximum atomic E-state index is 12.2. The molecule has 88 valence electrons. The molecular formula is C11H14F2N2O. The van der Waals surface area contributed by atoms with Gasteiger partial charge in [-0.25, -0.2) is 8.78 Å². The summed E-state index contributed by atoms with van der Waals surface area (Å²) in [5.74, 6) is 0.546. The molecule has 1 fully saturated rings. The summed E-state index contributed by atoms with van der Waals surface area (Å²) in [5.41, 5.74) is -0.215. The highest BCUT2D eigenvalue weighted by molar-refractivity contribution is 5.20. The lowest BCUT2D eigenvalue weighted by Crippen LogP contribution is -2.48. The third-order valence-electron chi connectivity index (χ3n) is 2.86. The van der Waals surface area contributed by atoms with Crippen molar-refractivity contribution in [2.24, 2.45) is 0 Å². The largest absolute Gasteiger partial charge is 0.490 e. The minimum Gasteiger partial charge on any atom is -0.490 e. The van der Waals surface area contributed by atoms with Gasteiger partial charge in [0.15, 0.2) is 0 Å². The normalized spacial score (nSPS) is 20.9. The van der Waals surface area contributed by atoms with Gasteiger partial charge in [0.05, 0.1) is 6.20 Å². The van der Waals surface area contributed by atoms with E-state index in [1.807, 2.05) is 7.05 Å². The lowest BCUT2D eigenvalue weighted by molar-refractivity contribution is 0.0766. The third-order valence-corrected chi connectivity index (χ3v) is 2.86. The van der Waals surface area contributed by atoms with Crippen molar-refractivity contribution in [2.45, 2.75) is 18.9 Å². The van der Waals surface area contributed by atoms with Crippen LogP contribution in [0.3, 0.4) is 0 Å². The van der Waals surface area contributed by atoms with Gasteiger partial charge in [0, 0.05) is 6.04 Å². The molecule has 2 rings (SSSR count). The van der Waals surface area contributed by atoms with Gasteiger partial charge in [-0.2, -0.15) is 0 Å². The van der Waals surface area contributed by atoms with E-state index in [1.54, 1.807) is 0 Å². The average Bonchev–Trinajstić information content (AvgIpc) is 2.28. The van der Waals surface area contributed by atoms with Crippen LogP contribution in [0.5, 0.6) is 5.75 Å². The van der Waals surface area contributed by atoms with Crippen LogP contribution >= 0.6 is 0 Å². The number of likely N-dealkylation sites (tertiary alicyclic amines) is 1. The zero-order chi connectivity index (χ0) is 11.5. The van der Waals surface area contributed by atoms with Gasteiger partial charge in [-0.05, 0) is 32.1 Å². The molecule has 5 heteroatoms. The second-order valence-electron chi connectivity index (χ2n) is 3.95. The lowest BCUT2D eigenvalue weighted by Gasteiger charge is -2.37. The van der Waals surface area contributed by atoms with Gasteiger partial charge in [-0.1, -0.05) is 0 Å². The molecule has 0 N–H and O–H groups in total. The molecule has 0 bridgehead atoms. The zero-order valence-corrected chi connectivity index (χ0v) is 9.07. The molecule has 16 heavy (non-hydrogen) atoms. The van der Waals surface area contributed by atoms with Crippen LogP contribution in [0.4, 0.5) is 8.78 Å². The summed E-state index contributed by atoms with van der Waals surface area (Å²) in [5, 5.41) is 0. The number of likely N-dealkylation sites (N-methyl/N-ethyl adjacent to an activating group) is 1. The quantitative estimate of drug-likeness (QED) is 0.789. The first kappa shape index (κ1) is 11.3. The maximum Gasteiger partial charge on any atom is 0.280 e. The second kappa shape index (κ2) is 4.74. The number of hydrogen-bond acceptors (Lipinski definition) is 3. The van der Waals surface area contributed by atoms with E-state index in [4.69, 9.17) is 4.74 Å². The Kier molecular flexibility index (Phi) is 3.33. The SMILES string of the molecule is CN1CCC1COc1ccc(C(F)F)nc1. The second-order valence-corrected chi connectivity index (χ2v) is 3.95. The third kappa shape index (κ3) is 2.47. The minimum absolute atomic E-state index is 0.215. The van der Waals surface area contributed by atoms with Crippen molar-refractivity contribution in [3.8, 4) is 5.75 Å². The van der Waals surface area contributed by atoms with Crippen LogP contribution < -0.4 is 4.74 Å². The summed E-state index contributed by atoms with van der Waals surface area (Å²) >= 11 is 0. The number of nitrogens with zero attached hydrogens (tertiary/aromatic N) is 2. The molecule has 1 aromatic heterocycles. The van der Waals surface area contributed by atoms with Crippen LogP contribution in [0.1, 0.15) is 18.5 Å². The average molecular weight is 228 g/mol. The van der Waals surface area contributed by atoms with Crippen molar-refractivity contribution < 1.29 is 13.5 Å². The zero-order valence-electron chi connectivity index (χ0n) is 9.07. The lowest BCUT2D eigenvalue weighted by atomic mass is 10.1. The van der Waals surface area contributed by atoms with Crippen molar-refractivity contribution in [2.75, 3.05) is 20.2 Å². The summed E-state index contributed by atoms with van der Waals surface area (Å²) in [6.45, 7) is 1.68. The Hall–Kier alpha value is -1.23. The first-order valence-corrected chi connectivity index (χ1v) is 5.24. The van der Waals surface area contributed by atoms with E-state index in [9.17, 15) is 8.78 Å². The number of hydrogen-bond donors (Lipinski definition) is 0. The van der Waals surface area contributed by atoms with Gasteiger partial charge in [0.2, 0.25) is 0 Å². The Morgan fingerprint density at radius 2 is 2.38 bits per heavy atom. The summed E-state index contributed by atoms with van der Waals surface area (Å²) in [4.78, 5) is 5.83. The Bertz CT molecular complexity index is 342. The summed E-state index contributed by atoms with van der Waals surface area (Å²) in [6.07, 6.45) is -0.0500. The van der Waals surface area contributed by atoms with Crippen LogP contribution in [0.25, 0.3) is 0 Å². The smallest absolute Gasteiger partial charge is 0.280 e. The van der Waals surface area contributed by atoms with Gasteiger partial charge in [0.25, 0.3) is 6.43 Å². The summed E-state index contributed by atoms with van der Waals surface area (Å²) in [6, 6.07) is 3.27. The molecule has 1 unspecified atom stereocenters. The van der Waals surface area contributed by atoms with Crippen molar-refractivity contribution >= 4 is 0 Å². The number of alkyl halides is 2. The first-order chi connectivity index (χ1) is 7.66.